The molecular formula is C21H28N6O. The average Bonchev–Trinajstić information content (AvgIpc) is 3.22. The van der Waals surface area contributed by atoms with Crippen molar-refractivity contribution in [1.82, 2.24) is 24.8 Å². The van der Waals surface area contributed by atoms with Crippen molar-refractivity contribution in [2.75, 3.05) is 38.6 Å². The van der Waals surface area contributed by atoms with E-state index in [4.69, 9.17) is 0 Å². The lowest BCUT2D eigenvalue weighted by Crippen LogP contribution is -2.44. The van der Waals surface area contributed by atoms with Gasteiger partial charge in [0, 0.05) is 38.6 Å². The molecule has 2 aromatic rings. The number of hydrogen-bond acceptors (Lipinski definition) is 6. The van der Waals surface area contributed by atoms with Gasteiger partial charge in [0.15, 0.2) is 0 Å². The number of amides is 1. The van der Waals surface area contributed by atoms with Crippen molar-refractivity contribution in [2.24, 2.45) is 0 Å². The van der Waals surface area contributed by atoms with Gasteiger partial charge in [-0.2, -0.15) is 0 Å². The van der Waals surface area contributed by atoms with E-state index in [1.54, 1.807) is 6.20 Å². The van der Waals surface area contributed by atoms with E-state index < -0.39 is 0 Å². The first-order chi connectivity index (χ1) is 13.5. The van der Waals surface area contributed by atoms with E-state index in [0.717, 1.165) is 55.3 Å². The highest BCUT2D eigenvalue weighted by atomic mass is 16.2. The maximum atomic E-state index is 13.6. The average molecular weight is 380 g/mol. The van der Waals surface area contributed by atoms with Crippen molar-refractivity contribution in [3.05, 3.63) is 47.2 Å². The van der Waals surface area contributed by atoms with Crippen LogP contribution in [-0.4, -0.2) is 64.4 Å². The van der Waals surface area contributed by atoms with E-state index >= 15 is 0 Å². The zero-order valence-corrected chi connectivity index (χ0v) is 16.9. The van der Waals surface area contributed by atoms with E-state index in [1.807, 2.05) is 49.1 Å². The van der Waals surface area contributed by atoms with Crippen molar-refractivity contribution in [3.8, 4) is 0 Å². The molecule has 0 saturated carbocycles. The Balaban J connectivity index is 1.63. The van der Waals surface area contributed by atoms with Crippen LogP contribution in [0.3, 0.4) is 0 Å². The second-order valence-electron chi connectivity index (χ2n) is 7.86. The van der Waals surface area contributed by atoms with E-state index in [1.165, 1.54) is 5.56 Å². The molecule has 1 atom stereocenters. The minimum atomic E-state index is -0.256. The first kappa shape index (κ1) is 18.8. The molecule has 0 N–H and O–H groups in total. The molecule has 2 aliphatic rings. The number of aryl methyl sites for hydroxylation is 1. The zero-order chi connectivity index (χ0) is 19.7. The highest BCUT2D eigenvalue weighted by Gasteiger charge is 2.35. The summed E-state index contributed by atoms with van der Waals surface area (Å²) >= 11 is 0. The second kappa shape index (κ2) is 7.83. The number of nitrogens with zero attached hydrogens (tertiary/aromatic N) is 6. The number of fused-ring (bicyclic) bond motifs is 1. The number of pyridine rings is 1. The summed E-state index contributed by atoms with van der Waals surface area (Å²) in [6, 6.07) is 3.67. The Morgan fingerprint density at radius 2 is 1.96 bits per heavy atom. The normalized spacial score (nSPS) is 18.0. The number of likely N-dealkylation sites (tertiary alicyclic amines) is 1. The van der Waals surface area contributed by atoms with Crippen molar-refractivity contribution < 1.29 is 4.79 Å². The van der Waals surface area contributed by atoms with Gasteiger partial charge in [0.1, 0.15) is 17.7 Å². The van der Waals surface area contributed by atoms with Gasteiger partial charge < -0.3 is 9.80 Å². The fraction of sp³-hybridized carbons (Fsp3) is 0.524. The van der Waals surface area contributed by atoms with E-state index in [0.29, 0.717) is 13.1 Å². The number of aromatic nitrogens is 3. The zero-order valence-electron chi connectivity index (χ0n) is 16.9. The molecule has 7 heteroatoms. The summed E-state index contributed by atoms with van der Waals surface area (Å²) in [5.74, 6) is 1.88. The van der Waals surface area contributed by atoms with E-state index in [9.17, 15) is 4.79 Å². The minimum Gasteiger partial charge on any atom is -0.362 e. The van der Waals surface area contributed by atoms with Crippen molar-refractivity contribution in [3.63, 3.8) is 0 Å². The number of carbonyl (C=O) groups excluding carboxylic acids is 1. The van der Waals surface area contributed by atoms with E-state index in [2.05, 4.69) is 19.9 Å². The van der Waals surface area contributed by atoms with Crippen LogP contribution in [0.4, 0.5) is 5.82 Å². The Labute approximate surface area is 166 Å². The Kier molecular flexibility index (Phi) is 5.26. The van der Waals surface area contributed by atoms with Gasteiger partial charge in [0.05, 0.1) is 12.2 Å². The minimum absolute atomic E-state index is 0.156. The van der Waals surface area contributed by atoms with Crippen LogP contribution in [0.2, 0.25) is 0 Å². The van der Waals surface area contributed by atoms with Crippen LogP contribution >= 0.6 is 0 Å². The van der Waals surface area contributed by atoms with Crippen molar-refractivity contribution >= 4 is 11.7 Å². The Bertz CT molecular complexity index is 847. The van der Waals surface area contributed by atoms with Gasteiger partial charge in [-0.25, -0.2) is 9.97 Å². The first-order valence-corrected chi connectivity index (χ1v) is 10.0. The molecule has 0 aliphatic carbocycles. The molecular weight excluding hydrogens is 352 g/mol. The molecule has 0 radical (unpaired) electrons. The topological polar surface area (TPSA) is 65.5 Å². The quantitative estimate of drug-likeness (QED) is 0.808. The third-order valence-corrected chi connectivity index (χ3v) is 5.63. The van der Waals surface area contributed by atoms with Crippen LogP contribution in [0.15, 0.2) is 24.5 Å². The summed E-state index contributed by atoms with van der Waals surface area (Å²) < 4.78 is 0. The molecule has 0 spiro atoms. The van der Waals surface area contributed by atoms with Gasteiger partial charge in [0.25, 0.3) is 0 Å². The largest absolute Gasteiger partial charge is 0.362 e. The number of anilines is 1. The highest BCUT2D eigenvalue weighted by Crippen LogP contribution is 2.30. The molecule has 1 saturated heterocycles. The third-order valence-electron chi connectivity index (χ3n) is 5.63. The Morgan fingerprint density at radius 3 is 2.64 bits per heavy atom. The maximum Gasteiger partial charge on any atom is 0.244 e. The van der Waals surface area contributed by atoms with Gasteiger partial charge in [-0.05, 0) is 50.9 Å². The van der Waals surface area contributed by atoms with Crippen LogP contribution in [0.5, 0.6) is 0 Å². The van der Waals surface area contributed by atoms with Crippen LogP contribution in [-0.2, 0) is 17.8 Å². The summed E-state index contributed by atoms with van der Waals surface area (Å²) in [4.78, 5) is 33.4. The molecule has 28 heavy (non-hydrogen) atoms. The van der Waals surface area contributed by atoms with Gasteiger partial charge in [-0.1, -0.05) is 6.07 Å². The monoisotopic (exact) mass is 380 g/mol. The Morgan fingerprint density at radius 1 is 1.18 bits per heavy atom. The molecule has 0 unspecified atom stereocenters. The van der Waals surface area contributed by atoms with Crippen LogP contribution < -0.4 is 4.90 Å². The van der Waals surface area contributed by atoms with Gasteiger partial charge >= 0.3 is 0 Å². The van der Waals surface area contributed by atoms with Crippen molar-refractivity contribution in [2.45, 2.75) is 38.8 Å². The predicted octanol–water partition coefficient (Wildman–Crippen LogP) is 1.97. The van der Waals surface area contributed by atoms with Gasteiger partial charge in [-0.3, -0.25) is 14.7 Å². The SMILES string of the molecule is Cc1nc2c(c(N(C)C)n1)CCN(C(=O)[C@@H](c1cccnc1)N1CCCC1)C2. The van der Waals surface area contributed by atoms with Crippen molar-refractivity contribution in [1.29, 1.82) is 0 Å². The first-order valence-electron chi connectivity index (χ1n) is 10.0. The molecule has 4 heterocycles. The molecule has 1 fully saturated rings. The molecule has 7 nitrogen and oxygen atoms in total. The van der Waals surface area contributed by atoms with Gasteiger partial charge in [-0.15, -0.1) is 0 Å². The number of rotatable bonds is 4. The lowest BCUT2D eigenvalue weighted by Gasteiger charge is -2.35. The highest BCUT2D eigenvalue weighted by molar-refractivity contribution is 5.83. The van der Waals surface area contributed by atoms with E-state index in [-0.39, 0.29) is 11.9 Å². The summed E-state index contributed by atoms with van der Waals surface area (Å²) in [6.45, 7) is 5.08. The fourth-order valence-electron chi connectivity index (χ4n) is 4.31. The van der Waals surface area contributed by atoms with Crippen LogP contribution in [0.25, 0.3) is 0 Å². The molecule has 2 aromatic heterocycles. The molecule has 2 aliphatic heterocycles. The van der Waals surface area contributed by atoms with Gasteiger partial charge in [0.2, 0.25) is 5.91 Å². The lowest BCUT2D eigenvalue weighted by atomic mass is 10.0. The number of carbonyl (C=O) groups is 1. The lowest BCUT2D eigenvalue weighted by molar-refractivity contribution is -0.138. The summed E-state index contributed by atoms with van der Waals surface area (Å²) in [6.07, 6.45) is 6.66. The molecule has 1 amide bonds. The molecule has 148 valence electrons. The number of hydrogen-bond donors (Lipinski definition) is 0. The predicted molar refractivity (Wildman–Crippen MR) is 108 cm³/mol. The smallest absolute Gasteiger partial charge is 0.244 e. The summed E-state index contributed by atoms with van der Waals surface area (Å²) in [5, 5.41) is 0. The second-order valence-corrected chi connectivity index (χ2v) is 7.86. The standard InChI is InChI=1S/C21H28N6O/c1-15-23-18-14-27(12-8-17(18)20(24-15)25(2)3)21(28)19(26-10-4-5-11-26)16-7-6-9-22-13-16/h6-7,9,13,19H,4-5,8,10-12,14H2,1-3H3/t19-/m1/s1. The molecule has 4 rings (SSSR count). The molecule has 0 bridgehead atoms. The maximum absolute atomic E-state index is 13.6. The fourth-order valence-corrected chi connectivity index (χ4v) is 4.31. The van der Waals surface area contributed by atoms with Crippen LogP contribution in [0, 0.1) is 6.92 Å². The third kappa shape index (κ3) is 3.58. The Hall–Kier alpha value is -2.54. The molecule has 0 aromatic carbocycles. The summed E-state index contributed by atoms with van der Waals surface area (Å²) in [7, 11) is 4.01. The van der Waals surface area contributed by atoms with Crippen LogP contribution in [0.1, 0.15) is 41.5 Å². The summed E-state index contributed by atoms with van der Waals surface area (Å²) in [5.41, 5.74) is 3.12.